The molecule has 1 aromatic heterocycles. The Bertz CT molecular complexity index is 379. The van der Waals surface area contributed by atoms with E-state index in [2.05, 4.69) is 22.4 Å². The van der Waals surface area contributed by atoms with Crippen molar-refractivity contribution in [2.24, 2.45) is 0 Å². The number of nitrogens with zero attached hydrogens (tertiary/aromatic N) is 2. The standard InChI is InChI=1S/C12H19N3O2.ClH/c1-8-7-9(4-5-13-8)12-14-11(15-17-12)10-3-2-6-16-10;/h8-10,13H,2-7H2,1H3;1H/t8-,9-,10?;/m0./s1. The smallest absolute Gasteiger partial charge is 0.229 e. The van der Waals surface area contributed by atoms with E-state index in [0.717, 1.165) is 50.6 Å². The van der Waals surface area contributed by atoms with E-state index in [1.807, 2.05) is 0 Å². The summed E-state index contributed by atoms with van der Waals surface area (Å²) in [6.45, 7) is 4.05. The average Bonchev–Trinajstić information content (AvgIpc) is 3.00. The second-order valence-corrected chi connectivity index (χ2v) is 5.07. The zero-order valence-electron chi connectivity index (χ0n) is 10.6. The highest BCUT2D eigenvalue weighted by Gasteiger charge is 2.28. The van der Waals surface area contributed by atoms with E-state index in [1.54, 1.807) is 0 Å². The van der Waals surface area contributed by atoms with E-state index in [9.17, 15) is 0 Å². The van der Waals surface area contributed by atoms with Gasteiger partial charge in [0.05, 0.1) is 0 Å². The monoisotopic (exact) mass is 273 g/mol. The predicted octanol–water partition coefficient (Wildman–Crippen LogP) is 2.20. The number of rotatable bonds is 2. The Labute approximate surface area is 113 Å². The normalized spacial score (nSPS) is 32.2. The minimum atomic E-state index is 0. The SMILES string of the molecule is C[C@H]1C[C@@H](c2nc(C3CCCO3)no2)CCN1.Cl. The fraction of sp³-hybridized carbons (Fsp3) is 0.833. The van der Waals surface area contributed by atoms with E-state index in [0.29, 0.717) is 12.0 Å². The topological polar surface area (TPSA) is 60.2 Å². The van der Waals surface area contributed by atoms with Crippen LogP contribution < -0.4 is 5.32 Å². The molecule has 3 rings (SSSR count). The highest BCUT2D eigenvalue weighted by molar-refractivity contribution is 5.85. The van der Waals surface area contributed by atoms with Crippen molar-refractivity contribution in [2.45, 2.75) is 50.7 Å². The molecule has 0 saturated carbocycles. The molecule has 0 aromatic carbocycles. The van der Waals surface area contributed by atoms with Crippen molar-refractivity contribution in [3.63, 3.8) is 0 Å². The first-order chi connectivity index (χ1) is 8.33. The Hall–Kier alpha value is -0.650. The fourth-order valence-corrected chi connectivity index (χ4v) is 2.68. The van der Waals surface area contributed by atoms with Crippen molar-refractivity contribution < 1.29 is 9.26 Å². The van der Waals surface area contributed by atoms with Gasteiger partial charge in [-0.1, -0.05) is 5.16 Å². The molecule has 0 spiro atoms. The van der Waals surface area contributed by atoms with Crippen LogP contribution in [-0.4, -0.2) is 29.3 Å². The van der Waals surface area contributed by atoms with Crippen LogP contribution in [0.1, 0.15) is 56.3 Å². The summed E-state index contributed by atoms with van der Waals surface area (Å²) >= 11 is 0. The van der Waals surface area contributed by atoms with Crippen molar-refractivity contribution in [2.75, 3.05) is 13.2 Å². The molecule has 2 fully saturated rings. The quantitative estimate of drug-likeness (QED) is 0.895. The first-order valence-corrected chi connectivity index (χ1v) is 6.51. The molecule has 0 radical (unpaired) electrons. The number of halogens is 1. The molecule has 3 atom stereocenters. The van der Waals surface area contributed by atoms with Crippen LogP contribution in [0.4, 0.5) is 0 Å². The molecule has 1 aromatic rings. The van der Waals surface area contributed by atoms with Gasteiger partial charge in [0.2, 0.25) is 11.7 Å². The maximum absolute atomic E-state index is 5.56. The summed E-state index contributed by atoms with van der Waals surface area (Å²) in [5, 5.41) is 7.50. The number of aromatic nitrogens is 2. The summed E-state index contributed by atoms with van der Waals surface area (Å²) in [6.07, 6.45) is 4.33. The number of hydrogen-bond donors (Lipinski definition) is 1. The van der Waals surface area contributed by atoms with Crippen LogP contribution in [0.3, 0.4) is 0 Å². The minimum Gasteiger partial charge on any atom is -0.370 e. The predicted molar refractivity (Wildman–Crippen MR) is 68.9 cm³/mol. The summed E-state index contributed by atoms with van der Waals surface area (Å²) in [4.78, 5) is 4.52. The van der Waals surface area contributed by atoms with E-state index in [-0.39, 0.29) is 18.5 Å². The van der Waals surface area contributed by atoms with Crippen molar-refractivity contribution >= 4 is 12.4 Å². The van der Waals surface area contributed by atoms with Gasteiger partial charge >= 0.3 is 0 Å². The molecule has 18 heavy (non-hydrogen) atoms. The minimum absolute atomic E-state index is 0. The van der Waals surface area contributed by atoms with Crippen molar-refractivity contribution in [1.82, 2.24) is 15.5 Å². The Morgan fingerprint density at radius 3 is 2.94 bits per heavy atom. The van der Waals surface area contributed by atoms with Gasteiger partial charge < -0.3 is 14.6 Å². The number of hydrogen-bond acceptors (Lipinski definition) is 5. The zero-order chi connectivity index (χ0) is 11.7. The third kappa shape index (κ3) is 2.84. The Balaban J connectivity index is 0.00000120. The molecule has 2 aliphatic rings. The lowest BCUT2D eigenvalue weighted by Gasteiger charge is -2.25. The molecule has 5 nitrogen and oxygen atoms in total. The molecule has 0 amide bonds. The maximum Gasteiger partial charge on any atom is 0.229 e. The first-order valence-electron chi connectivity index (χ1n) is 6.51. The van der Waals surface area contributed by atoms with Gasteiger partial charge in [0, 0.05) is 18.6 Å². The second-order valence-electron chi connectivity index (χ2n) is 5.07. The van der Waals surface area contributed by atoms with Gasteiger partial charge in [0.25, 0.3) is 0 Å². The lowest BCUT2D eigenvalue weighted by atomic mass is 9.93. The van der Waals surface area contributed by atoms with Gasteiger partial charge in [-0.05, 0) is 39.2 Å². The molecule has 2 saturated heterocycles. The van der Waals surface area contributed by atoms with E-state index >= 15 is 0 Å². The summed E-state index contributed by atoms with van der Waals surface area (Å²) in [6, 6.07) is 0.534. The Morgan fingerprint density at radius 1 is 1.33 bits per heavy atom. The van der Waals surface area contributed by atoms with Gasteiger partial charge in [-0.2, -0.15) is 4.98 Å². The van der Waals surface area contributed by atoms with Gasteiger partial charge in [-0.15, -0.1) is 12.4 Å². The van der Waals surface area contributed by atoms with Crippen LogP contribution in [0, 0.1) is 0 Å². The van der Waals surface area contributed by atoms with Crippen molar-refractivity contribution in [1.29, 1.82) is 0 Å². The second kappa shape index (κ2) is 5.99. The van der Waals surface area contributed by atoms with E-state index in [4.69, 9.17) is 9.26 Å². The molecule has 102 valence electrons. The molecule has 0 bridgehead atoms. The van der Waals surface area contributed by atoms with E-state index < -0.39 is 0 Å². The summed E-state index contributed by atoms with van der Waals surface area (Å²) in [5.74, 6) is 1.95. The largest absolute Gasteiger partial charge is 0.370 e. The highest BCUT2D eigenvalue weighted by atomic mass is 35.5. The fourth-order valence-electron chi connectivity index (χ4n) is 2.68. The number of nitrogens with one attached hydrogen (secondary N) is 1. The maximum atomic E-state index is 5.56. The molecule has 6 heteroatoms. The van der Waals surface area contributed by atoms with Crippen molar-refractivity contribution in [3.8, 4) is 0 Å². The van der Waals surface area contributed by atoms with Gasteiger partial charge in [-0.3, -0.25) is 0 Å². The van der Waals surface area contributed by atoms with Crippen LogP contribution in [0.15, 0.2) is 4.52 Å². The van der Waals surface area contributed by atoms with Crippen molar-refractivity contribution in [3.05, 3.63) is 11.7 Å². The average molecular weight is 274 g/mol. The highest BCUT2D eigenvalue weighted by Crippen LogP contribution is 2.30. The van der Waals surface area contributed by atoms with Gasteiger partial charge in [0.15, 0.2) is 0 Å². The molecular weight excluding hydrogens is 254 g/mol. The zero-order valence-corrected chi connectivity index (χ0v) is 11.4. The Morgan fingerprint density at radius 2 is 2.22 bits per heavy atom. The summed E-state index contributed by atoms with van der Waals surface area (Å²) in [7, 11) is 0. The van der Waals surface area contributed by atoms with Crippen LogP contribution in [0.5, 0.6) is 0 Å². The molecule has 1 unspecified atom stereocenters. The Kier molecular flexibility index (Phi) is 4.59. The summed E-state index contributed by atoms with van der Waals surface area (Å²) in [5.41, 5.74) is 0. The van der Waals surface area contributed by atoms with Gasteiger partial charge in [-0.25, -0.2) is 0 Å². The lowest BCUT2D eigenvalue weighted by molar-refractivity contribution is 0.103. The molecule has 0 aliphatic carbocycles. The first kappa shape index (κ1) is 13.8. The molecule has 1 N–H and O–H groups in total. The lowest BCUT2D eigenvalue weighted by Crippen LogP contribution is -2.34. The third-order valence-corrected chi connectivity index (χ3v) is 3.65. The molecular formula is C12H20ClN3O2. The third-order valence-electron chi connectivity index (χ3n) is 3.65. The van der Waals surface area contributed by atoms with Crippen LogP contribution in [-0.2, 0) is 4.74 Å². The van der Waals surface area contributed by atoms with E-state index in [1.165, 1.54) is 0 Å². The molecule has 2 aliphatic heterocycles. The van der Waals surface area contributed by atoms with Gasteiger partial charge in [0.1, 0.15) is 6.10 Å². The number of piperidine rings is 1. The molecule has 3 heterocycles. The number of ether oxygens (including phenoxy) is 1. The van der Waals surface area contributed by atoms with Crippen LogP contribution in [0.2, 0.25) is 0 Å². The summed E-state index contributed by atoms with van der Waals surface area (Å²) < 4.78 is 11.0. The van der Waals surface area contributed by atoms with Crippen LogP contribution in [0.25, 0.3) is 0 Å². The van der Waals surface area contributed by atoms with Crippen LogP contribution >= 0.6 is 12.4 Å².